The van der Waals surface area contributed by atoms with E-state index in [2.05, 4.69) is 24.0 Å². The second-order valence-electron chi connectivity index (χ2n) is 5.71. The maximum atomic E-state index is 12.8. The van der Waals surface area contributed by atoms with E-state index >= 15 is 0 Å². The number of fused-ring (bicyclic) bond motifs is 1. The highest BCUT2D eigenvalue weighted by molar-refractivity contribution is 7.21. The van der Waals surface area contributed by atoms with Gasteiger partial charge in [-0.2, -0.15) is 0 Å². The molecule has 0 radical (unpaired) electrons. The number of likely N-dealkylation sites (tertiary alicyclic amines) is 1. The second kappa shape index (κ2) is 5.61. The molecule has 5 nitrogen and oxygen atoms in total. The van der Waals surface area contributed by atoms with Crippen molar-refractivity contribution in [3.05, 3.63) is 23.2 Å². The van der Waals surface area contributed by atoms with Crippen molar-refractivity contribution in [1.82, 2.24) is 14.8 Å². The van der Waals surface area contributed by atoms with Crippen LogP contribution in [0, 0.1) is 0 Å². The number of hydrogen-bond acceptors (Lipinski definition) is 5. The summed E-state index contributed by atoms with van der Waals surface area (Å²) in [5.74, 6) is 0.0436. The average molecular weight is 304 g/mol. The molecule has 1 unspecified atom stereocenters. The van der Waals surface area contributed by atoms with Crippen molar-refractivity contribution in [2.75, 3.05) is 32.9 Å². The van der Waals surface area contributed by atoms with Crippen LogP contribution in [0.25, 0.3) is 10.2 Å². The Bertz CT molecular complexity index is 667. The molecular weight excluding hydrogens is 284 g/mol. The largest absolute Gasteiger partial charge is 0.396 e. The molecule has 3 heterocycles. The zero-order chi connectivity index (χ0) is 15.0. The summed E-state index contributed by atoms with van der Waals surface area (Å²) >= 11 is 1.44. The van der Waals surface area contributed by atoms with Gasteiger partial charge in [-0.15, -0.1) is 11.3 Å². The fraction of sp³-hybridized carbons (Fsp3) is 0.467. The van der Waals surface area contributed by atoms with Crippen LogP contribution in [0.4, 0.5) is 5.69 Å². The van der Waals surface area contributed by atoms with Crippen molar-refractivity contribution in [3.63, 3.8) is 0 Å². The van der Waals surface area contributed by atoms with Crippen LogP contribution in [0.2, 0.25) is 0 Å². The van der Waals surface area contributed by atoms with Gasteiger partial charge in [0.1, 0.15) is 10.4 Å². The van der Waals surface area contributed by atoms with E-state index in [1.54, 1.807) is 6.20 Å². The molecule has 3 rings (SSSR count). The van der Waals surface area contributed by atoms with Gasteiger partial charge in [-0.3, -0.25) is 9.78 Å². The molecule has 1 atom stereocenters. The SMILES string of the molecule is CN(C)C1CCCN(C(=O)c2sc3cccnc3c2N)C1. The van der Waals surface area contributed by atoms with E-state index in [1.807, 2.05) is 17.0 Å². The molecule has 112 valence electrons. The van der Waals surface area contributed by atoms with Gasteiger partial charge in [-0.05, 0) is 39.1 Å². The molecule has 0 saturated carbocycles. The van der Waals surface area contributed by atoms with Crippen molar-refractivity contribution in [2.45, 2.75) is 18.9 Å². The van der Waals surface area contributed by atoms with Crippen LogP contribution in [0.5, 0.6) is 0 Å². The normalized spacial score (nSPS) is 19.4. The highest BCUT2D eigenvalue weighted by Crippen LogP contribution is 2.33. The summed E-state index contributed by atoms with van der Waals surface area (Å²) in [6, 6.07) is 4.26. The molecule has 1 fully saturated rings. The Morgan fingerprint density at radius 2 is 2.33 bits per heavy atom. The quantitative estimate of drug-likeness (QED) is 0.922. The van der Waals surface area contributed by atoms with Gasteiger partial charge in [0.05, 0.1) is 10.4 Å². The molecule has 1 amide bonds. The molecule has 1 aliphatic rings. The average Bonchev–Trinajstić information content (AvgIpc) is 2.84. The molecule has 0 aromatic carbocycles. The number of nitrogen functional groups attached to an aromatic ring is 1. The van der Waals surface area contributed by atoms with Crippen molar-refractivity contribution in [2.24, 2.45) is 0 Å². The number of rotatable bonds is 2. The highest BCUT2D eigenvalue weighted by atomic mass is 32.1. The molecule has 0 aliphatic carbocycles. The molecule has 2 aromatic heterocycles. The van der Waals surface area contributed by atoms with Crippen LogP contribution in [-0.4, -0.2) is 53.9 Å². The fourth-order valence-electron chi connectivity index (χ4n) is 2.81. The molecule has 6 heteroatoms. The number of carbonyl (C=O) groups excluding carboxylic acids is 1. The molecule has 1 saturated heterocycles. The lowest BCUT2D eigenvalue weighted by molar-refractivity contribution is 0.0641. The number of pyridine rings is 1. The molecule has 2 aromatic rings. The lowest BCUT2D eigenvalue weighted by Gasteiger charge is -2.36. The number of aromatic nitrogens is 1. The molecule has 0 spiro atoms. The van der Waals surface area contributed by atoms with Gasteiger partial charge in [0.15, 0.2) is 0 Å². The Kier molecular flexibility index (Phi) is 3.82. The predicted molar refractivity (Wildman–Crippen MR) is 86.6 cm³/mol. The Morgan fingerprint density at radius 3 is 3.05 bits per heavy atom. The minimum atomic E-state index is 0.0436. The number of hydrogen-bond donors (Lipinski definition) is 1. The van der Waals surface area contributed by atoms with E-state index in [-0.39, 0.29) is 5.91 Å². The van der Waals surface area contributed by atoms with E-state index < -0.39 is 0 Å². The first-order valence-electron chi connectivity index (χ1n) is 7.16. The Balaban J connectivity index is 1.88. The third kappa shape index (κ3) is 2.61. The minimum absolute atomic E-state index is 0.0436. The molecule has 21 heavy (non-hydrogen) atoms. The number of thiophene rings is 1. The van der Waals surface area contributed by atoms with Crippen LogP contribution < -0.4 is 5.73 Å². The van der Waals surface area contributed by atoms with E-state index in [0.717, 1.165) is 36.1 Å². The molecule has 1 aliphatic heterocycles. The number of carbonyl (C=O) groups is 1. The number of nitrogens with two attached hydrogens (primary N) is 1. The third-order valence-corrected chi connectivity index (χ3v) is 5.24. The fourth-order valence-corrected chi connectivity index (χ4v) is 3.86. The van der Waals surface area contributed by atoms with Crippen LogP contribution >= 0.6 is 11.3 Å². The van der Waals surface area contributed by atoms with Gasteiger partial charge < -0.3 is 15.5 Å². The van der Waals surface area contributed by atoms with E-state index in [4.69, 9.17) is 5.73 Å². The first-order valence-corrected chi connectivity index (χ1v) is 7.98. The van der Waals surface area contributed by atoms with Crippen LogP contribution in [0.1, 0.15) is 22.5 Å². The third-order valence-electron chi connectivity index (χ3n) is 4.09. The monoisotopic (exact) mass is 304 g/mol. The highest BCUT2D eigenvalue weighted by Gasteiger charge is 2.28. The number of nitrogens with zero attached hydrogens (tertiary/aromatic N) is 3. The number of anilines is 1. The summed E-state index contributed by atoms with van der Waals surface area (Å²) in [4.78, 5) is 21.8. The summed E-state index contributed by atoms with van der Waals surface area (Å²) in [5, 5.41) is 0. The maximum absolute atomic E-state index is 12.8. The molecular formula is C15H20N4OS. The standard InChI is InChI=1S/C15H20N4OS/c1-18(2)10-5-4-8-19(9-10)15(20)14-12(16)13-11(21-14)6-3-7-17-13/h3,6-7,10H,4-5,8-9,16H2,1-2H3. The van der Waals surface area contributed by atoms with Gasteiger partial charge in [0, 0.05) is 25.3 Å². The molecule has 2 N–H and O–H groups in total. The number of likely N-dealkylation sites (N-methyl/N-ethyl adjacent to an activating group) is 1. The minimum Gasteiger partial charge on any atom is -0.396 e. The van der Waals surface area contributed by atoms with Gasteiger partial charge in [0.25, 0.3) is 5.91 Å². The maximum Gasteiger partial charge on any atom is 0.266 e. The van der Waals surface area contributed by atoms with Gasteiger partial charge >= 0.3 is 0 Å². The van der Waals surface area contributed by atoms with Crippen LogP contribution in [0.15, 0.2) is 18.3 Å². The molecule has 0 bridgehead atoms. The Hall–Kier alpha value is -1.66. The zero-order valence-electron chi connectivity index (χ0n) is 12.4. The lowest BCUT2D eigenvalue weighted by atomic mass is 10.0. The van der Waals surface area contributed by atoms with Gasteiger partial charge in [-0.25, -0.2) is 0 Å². The topological polar surface area (TPSA) is 62.5 Å². The smallest absolute Gasteiger partial charge is 0.266 e. The van der Waals surface area contributed by atoms with Crippen LogP contribution in [-0.2, 0) is 0 Å². The van der Waals surface area contributed by atoms with Crippen LogP contribution in [0.3, 0.4) is 0 Å². The zero-order valence-corrected chi connectivity index (χ0v) is 13.2. The van der Waals surface area contributed by atoms with E-state index in [0.29, 0.717) is 16.6 Å². The van der Waals surface area contributed by atoms with Crippen molar-refractivity contribution in [1.29, 1.82) is 0 Å². The van der Waals surface area contributed by atoms with Crippen molar-refractivity contribution in [3.8, 4) is 0 Å². The summed E-state index contributed by atoms with van der Waals surface area (Å²) in [7, 11) is 4.13. The summed E-state index contributed by atoms with van der Waals surface area (Å²) in [6.45, 7) is 1.58. The first kappa shape index (κ1) is 14.3. The Labute approximate surface area is 128 Å². The first-order chi connectivity index (χ1) is 10.1. The summed E-state index contributed by atoms with van der Waals surface area (Å²) in [5.41, 5.74) is 7.39. The number of piperidine rings is 1. The summed E-state index contributed by atoms with van der Waals surface area (Å²) in [6.07, 6.45) is 3.89. The second-order valence-corrected chi connectivity index (χ2v) is 6.76. The van der Waals surface area contributed by atoms with Crippen molar-refractivity contribution < 1.29 is 4.79 Å². The number of amides is 1. The van der Waals surface area contributed by atoms with Crippen molar-refractivity contribution >= 4 is 33.1 Å². The predicted octanol–water partition coefficient (Wildman–Crippen LogP) is 2.04. The van der Waals surface area contributed by atoms with E-state index in [9.17, 15) is 4.79 Å². The van der Waals surface area contributed by atoms with Gasteiger partial charge in [0.2, 0.25) is 0 Å². The Morgan fingerprint density at radius 1 is 1.52 bits per heavy atom. The summed E-state index contributed by atoms with van der Waals surface area (Å²) < 4.78 is 0.972. The lowest BCUT2D eigenvalue weighted by Crippen LogP contribution is -2.47. The van der Waals surface area contributed by atoms with E-state index in [1.165, 1.54) is 11.3 Å². The van der Waals surface area contributed by atoms with Gasteiger partial charge in [-0.1, -0.05) is 0 Å².